The van der Waals surface area contributed by atoms with Gasteiger partial charge in [0, 0.05) is 19.0 Å². The Labute approximate surface area is 101 Å². The van der Waals surface area contributed by atoms with Gasteiger partial charge in [-0.15, -0.1) is 0 Å². The molecule has 0 saturated heterocycles. The van der Waals surface area contributed by atoms with Crippen LogP contribution in [0, 0.1) is 0 Å². The molecule has 0 spiro atoms. The zero-order chi connectivity index (χ0) is 12.7. The van der Waals surface area contributed by atoms with Gasteiger partial charge in [-0.2, -0.15) is 0 Å². The number of benzene rings is 1. The number of hydrogen-bond acceptors (Lipinski definition) is 3. The van der Waals surface area contributed by atoms with Crippen molar-refractivity contribution in [1.82, 2.24) is 0 Å². The zero-order valence-corrected chi connectivity index (χ0v) is 10.2. The number of aryl methyl sites for hydroxylation is 1. The van der Waals surface area contributed by atoms with E-state index in [1.54, 1.807) is 6.92 Å². The van der Waals surface area contributed by atoms with Crippen LogP contribution in [0.4, 0.5) is 5.69 Å². The van der Waals surface area contributed by atoms with Crippen molar-refractivity contribution in [3.8, 4) is 0 Å². The lowest BCUT2D eigenvalue weighted by molar-refractivity contribution is -0.140. The van der Waals surface area contributed by atoms with Crippen molar-refractivity contribution in [2.45, 2.75) is 26.7 Å². The Kier molecular flexibility index (Phi) is 5.20. The van der Waals surface area contributed by atoms with Crippen LogP contribution in [0.15, 0.2) is 24.3 Å². The maximum atomic E-state index is 10.9. The van der Waals surface area contributed by atoms with Gasteiger partial charge in [0.2, 0.25) is 5.91 Å². The molecule has 92 valence electrons. The van der Waals surface area contributed by atoms with E-state index in [2.05, 4.69) is 16.1 Å². The monoisotopic (exact) mass is 235 g/mol. The number of fused-ring (bicyclic) bond motifs is 1. The van der Waals surface area contributed by atoms with Crippen LogP contribution in [0.2, 0.25) is 0 Å². The number of rotatable bonds is 1. The van der Waals surface area contributed by atoms with Crippen LogP contribution >= 0.6 is 0 Å². The van der Waals surface area contributed by atoms with Gasteiger partial charge in [-0.1, -0.05) is 18.2 Å². The normalized spacial score (nSPS) is 12.7. The molecule has 17 heavy (non-hydrogen) atoms. The average molecular weight is 235 g/mol. The first-order chi connectivity index (χ1) is 8.13. The zero-order valence-electron chi connectivity index (χ0n) is 10.2. The van der Waals surface area contributed by atoms with Crippen LogP contribution in [0.5, 0.6) is 0 Å². The minimum atomic E-state index is -0.211. The van der Waals surface area contributed by atoms with Crippen molar-refractivity contribution in [2.75, 3.05) is 11.9 Å². The maximum Gasteiger partial charge on any atom is 0.302 e. The Morgan fingerprint density at radius 2 is 2.06 bits per heavy atom. The second-order valence-corrected chi connectivity index (χ2v) is 3.63. The van der Waals surface area contributed by atoms with E-state index >= 15 is 0 Å². The highest BCUT2D eigenvalue weighted by molar-refractivity contribution is 5.93. The summed E-state index contributed by atoms with van der Waals surface area (Å²) in [5.41, 5.74) is 2.22. The van der Waals surface area contributed by atoms with Gasteiger partial charge in [0.25, 0.3) is 0 Å². The summed E-state index contributed by atoms with van der Waals surface area (Å²) in [6.07, 6.45) is 1.50. The SMILES string of the molecule is CCOC(C)=O.O=C1CCc2ccccc2N1. The number of nitrogens with one attached hydrogen (secondary N) is 1. The third kappa shape index (κ3) is 4.68. The van der Waals surface area contributed by atoms with Crippen molar-refractivity contribution >= 4 is 17.6 Å². The summed E-state index contributed by atoms with van der Waals surface area (Å²) in [4.78, 5) is 20.7. The van der Waals surface area contributed by atoms with Crippen LogP contribution < -0.4 is 5.32 Å². The molecule has 0 saturated carbocycles. The molecule has 0 unspecified atom stereocenters. The summed E-state index contributed by atoms with van der Waals surface area (Å²) in [6, 6.07) is 7.92. The summed E-state index contributed by atoms with van der Waals surface area (Å²) >= 11 is 0. The highest BCUT2D eigenvalue weighted by Gasteiger charge is 2.12. The van der Waals surface area contributed by atoms with Crippen molar-refractivity contribution in [2.24, 2.45) is 0 Å². The molecule has 0 fully saturated rings. The van der Waals surface area contributed by atoms with E-state index in [0.717, 1.165) is 12.1 Å². The summed E-state index contributed by atoms with van der Waals surface area (Å²) in [7, 11) is 0. The smallest absolute Gasteiger partial charge is 0.302 e. The maximum absolute atomic E-state index is 10.9. The molecular formula is C13H17NO3. The molecule has 4 heteroatoms. The number of carbonyl (C=O) groups is 2. The quantitative estimate of drug-likeness (QED) is 0.759. The van der Waals surface area contributed by atoms with Gasteiger partial charge in [0.1, 0.15) is 0 Å². The van der Waals surface area contributed by atoms with E-state index < -0.39 is 0 Å². The van der Waals surface area contributed by atoms with Gasteiger partial charge in [-0.05, 0) is 25.0 Å². The van der Waals surface area contributed by atoms with E-state index in [1.165, 1.54) is 12.5 Å². The Morgan fingerprint density at radius 1 is 1.35 bits per heavy atom. The number of amides is 1. The molecule has 1 aliphatic heterocycles. The number of hydrogen-bond donors (Lipinski definition) is 1. The van der Waals surface area contributed by atoms with Crippen molar-refractivity contribution < 1.29 is 14.3 Å². The highest BCUT2D eigenvalue weighted by atomic mass is 16.5. The predicted octanol–water partition coefficient (Wildman–Crippen LogP) is 2.14. The van der Waals surface area contributed by atoms with Crippen LogP contribution in [-0.4, -0.2) is 18.5 Å². The lowest BCUT2D eigenvalue weighted by Crippen LogP contribution is -2.18. The van der Waals surface area contributed by atoms with E-state index in [-0.39, 0.29) is 11.9 Å². The fraction of sp³-hybridized carbons (Fsp3) is 0.385. The summed E-state index contributed by atoms with van der Waals surface area (Å²) in [6.45, 7) is 3.65. The van der Waals surface area contributed by atoms with Crippen LogP contribution in [0.1, 0.15) is 25.8 Å². The Bertz CT molecular complexity index is 401. The predicted molar refractivity (Wildman–Crippen MR) is 65.7 cm³/mol. The van der Waals surface area contributed by atoms with Gasteiger partial charge in [0.05, 0.1) is 6.61 Å². The molecular weight excluding hydrogens is 218 g/mol. The average Bonchev–Trinajstić information content (AvgIpc) is 2.29. The number of esters is 1. The third-order valence-electron chi connectivity index (χ3n) is 2.26. The Balaban J connectivity index is 0.000000209. The number of anilines is 1. The molecule has 1 amide bonds. The van der Waals surface area contributed by atoms with Crippen molar-refractivity contribution in [3.05, 3.63) is 29.8 Å². The van der Waals surface area contributed by atoms with E-state index in [9.17, 15) is 9.59 Å². The number of para-hydroxylation sites is 1. The lowest BCUT2D eigenvalue weighted by Gasteiger charge is -2.15. The minimum Gasteiger partial charge on any atom is -0.466 e. The minimum absolute atomic E-state index is 0.128. The van der Waals surface area contributed by atoms with Crippen LogP contribution in [-0.2, 0) is 20.7 Å². The molecule has 2 rings (SSSR count). The molecule has 0 bridgehead atoms. The van der Waals surface area contributed by atoms with Gasteiger partial charge in [0.15, 0.2) is 0 Å². The molecule has 0 aromatic heterocycles. The van der Waals surface area contributed by atoms with E-state index in [0.29, 0.717) is 13.0 Å². The molecule has 4 nitrogen and oxygen atoms in total. The van der Waals surface area contributed by atoms with E-state index in [1.807, 2.05) is 18.2 Å². The molecule has 0 radical (unpaired) electrons. The molecule has 1 heterocycles. The van der Waals surface area contributed by atoms with Gasteiger partial charge < -0.3 is 10.1 Å². The molecule has 0 atom stereocenters. The first-order valence-corrected chi connectivity index (χ1v) is 5.64. The standard InChI is InChI=1S/C9H9NO.C4H8O2/c11-9-6-5-7-3-1-2-4-8(7)10-9;1-3-6-4(2)5/h1-4H,5-6H2,(H,10,11);3H2,1-2H3. The van der Waals surface area contributed by atoms with Gasteiger partial charge in [-0.25, -0.2) is 0 Å². The molecule has 1 N–H and O–H groups in total. The summed E-state index contributed by atoms with van der Waals surface area (Å²) in [5.74, 6) is -0.0822. The first kappa shape index (κ1) is 13.2. The number of carbonyl (C=O) groups excluding carboxylic acids is 2. The van der Waals surface area contributed by atoms with Gasteiger partial charge >= 0.3 is 5.97 Å². The number of ether oxygens (including phenoxy) is 1. The van der Waals surface area contributed by atoms with Crippen LogP contribution in [0.25, 0.3) is 0 Å². The highest BCUT2D eigenvalue weighted by Crippen LogP contribution is 2.20. The fourth-order valence-corrected chi connectivity index (χ4v) is 1.52. The molecule has 1 aromatic carbocycles. The lowest BCUT2D eigenvalue weighted by atomic mass is 10.0. The summed E-state index contributed by atoms with van der Waals surface area (Å²) < 4.78 is 4.40. The largest absolute Gasteiger partial charge is 0.466 e. The third-order valence-corrected chi connectivity index (χ3v) is 2.26. The second kappa shape index (κ2) is 6.68. The van der Waals surface area contributed by atoms with E-state index in [4.69, 9.17) is 0 Å². The summed E-state index contributed by atoms with van der Waals surface area (Å²) in [5, 5.41) is 2.82. The van der Waals surface area contributed by atoms with Crippen molar-refractivity contribution in [1.29, 1.82) is 0 Å². The topological polar surface area (TPSA) is 55.4 Å². The molecule has 1 aromatic rings. The Morgan fingerprint density at radius 3 is 2.65 bits per heavy atom. The van der Waals surface area contributed by atoms with Crippen molar-refractivity contribution in [3.63, 3.8) is 0 Å². The Hall–Kier alpha value is -1.84. The van der Waals surface area contributed by atoms with Gasteiger partial charge in [-0.3, -0.25) is 9.59 Å². The fourth-order valence-electron chi connectivity index (χ4n) is 1.52. The molecule has 1 aliphatic rings. The first-order valence-electron chi connectivity index (χ1n) is 5.64. The van der Waals surface area contributed by atoms with Crippen LogP contribution in [0.3, 0.4) is 0 Å². The second-order valence-electron chi connectivity index (χ2n) is 3.63. The molecule has 0 aliphatic carbocycles.